The molecule has 4 nitrogen and oxygen atoms in total. The summed E-state index contributed by atoms with van der Waals surface area (Å²) < 4.78 is 14.0. The van der Waals surface area contributed by atoms with Crippen LogP contribution in [0.1, 0.15) is 10.4 Å². The third-order valence-electron chi connectivity index (χ3n) is 2.70. The molecule has 1 amide bonds. The molecular weight excluding hydrogens is 277 g/mol. The molecule has 0 aliphatic carbocycles. The van der Waals surface area contributed by atoms with E-state index >= 15 is 0 Å². The highest BCUT2D eigenvalue weighted by atomic mass is 32.2. The molecule has 0 bridgehead atoms. The second-order valence-electron chi connectivity index (χ2n) is 3.96. The SMILES string of the molecule is CNc1nccc(C(=O)Nc2cccc(SC)c2)c1F. The minimum atomic E-state index is -0.659. The molecule has 2 N–H and O–H groups in total. The zero-order valence-corrected chi connectivity index (χ0v) is 11.9. The number of halogens is 1. The fraction of sp³-hybridized carbons (Fsp3) is 0.143. The molecule has 1 heterocycles. The number of nitrogens with zero attached hydrogens (tertiary/aromatic N) is 1. The van der Waals surface area contributed by atoms with E-state index in [0.29, 0.717) is 5.69 Å². The number of hydrogen-bond acceptors (Lipinski definition) is 4. The highest BCUT2D eigenvalue weighted by molar-refractivity contribution is 7.98. The maximum atomic E-state index is 14.0. The number of pyridine rings is 1. The van der Waals surface area contributed by atoms with Crippen molar-refractivity contribution in [2.75, 3.05) is 23.9 Å². The zero-order valence-electron chi connectivity index (χ0n) is 11.1. The van der Waals surface area contributed by atoms with Crippen molar-refractivity contribution in [2.45, 2.75) is 4.90 Å². The van der Waals surface area contributed by atoms with Crippen LogP contribution in [0.3, 0.4) is 0 Å². The molecular formula is C14H14FN3OS. The molecule has 6 heteroatoms. The average molecular weight is 291 g/mol. The smallest absolute Gasteiger partial charge is 0.258 e. The summed E-state index contributed by atoms with van der Waals surface area (Å²) in [5, 5.41) is 5.28. The Morgan fingerprint density at radius 3 is 2.85 bits per heavy atom. The number of rotatable bonds is 4. The van der Waals surface area contributed by atoms with Crippen LogP contribution in [0.2, 0.25) is 0 Å². The van der Waals surface area contributed by atoms with Gasteiger partial charge in [-0.25, -0.2) is 9.37 Å². The summed E-state index contributed by atoms with van der Waals surface area (Å²) in [4.78, 5) is 16.9. The molecule has 1 aromatic heterocycles. The molecule has 2 aromatic rings. The van der Waals surface area contributed by atoms with E-state index in [4.69, 9.17) is 0 Å². The maximum absolute atomic E-state index is 14.0. The van der Waals surface area contributed by atoms with Crippen LogP contribution in [0.5, 0.6) is 0 Å². The summed E-state index contributed by atoms with van der Waals surface area (Å²) >= 11 is 1.57. The van der Waals surface area contributed by atoms with E-state index < -0.39 is 11.7 Å². The van der Waals surface area contributed by atoms with Crippen molar-refractivity contribution in [3.8, 4) is 0 Å². The quantitative estimate of drug-likeness (QED) is 0.849. The summed E-state index contributed by atoms with van der Waals surface area (Å²) in [7, 11) is 1.55. The lowest BCUT2D eigenvalue weighted by Crippen LogP contribution is -2.15. The van der Waals surface area contributed by atoms with Gasteiger partial charge >= 0.3 is 0 Å². The van der Waals surface area contributed by atoms with Crippen LogP contribution in [0, 0.1) is 5.82 Å². The topological polar surface area (TPSA) is 54.0 Å². The Bertz CT molecular complexity index is 634. The van der Waals surface area contributed by atoms with Gasteiger partial charge in [-0.2, -0.15) is 0 Å². The number of thioether (sulfide) groups is 1. The summed E-state index contributed by atoms with van der Waals surface area (Å²) in [6.45, 7) is 0. The third kappa shape index (κ3) is 3.08. The van der Waals surface area contributed by atoms with Crippen LogP contribution >= 0.6 is 11.8 Å². The minimum absolute atomic E-state index is 0.0427. The first kappa shape index (κ1) is 14.3. The van der Waals surface area contributed by atoms with Crippen molar-refractivity contribution < 1.29 is 9.18 Å². The number of carbonyl (C=O) groups excluding carboxylic acids is 1. The Labute approximate surface area is 120 Å². The van der Waals surface area contributed by atoms with Gasteiger partial charge in [-0.3, -0.25) is 4.79 Å². The second-order valence-corrected chi connectivity index (χ2v) is 4.84. The number of carbonyl (C=O) groups is 1. The number of benzene rings is 1. The molecule has 1 aromatic carbocycles. The van der Waals surface area contributed by atoms with Crippen molar-refractivity contribution in [2.24, 2.45) is 0 Å². The van der Waals surface area contributed by atoms with Gasteiger partial charge in [-0.1, -0.05) is 6.07 Å². The lowest BCUT2D eigenvalue weighted by atomic mass is 10.2. The van der Waals surface area contributed by atoms with Crippen LogP contribution in [-0.2, 0) is 0 Å². The standard InChI is InChI=1S/C14H14FN3OS/c1-16-13-12(15)11(6-7-17-13)14(19)18-9-4-3-5-10(8-9)20-2/h3-8H,1-2H3,(H,16,17)(H,18,19). The lowest BCUT2D eigenvalue weighted by Gasteiger charge is -2.09. The number of hydrogen-bond donors (Lipinski definition) is 2. The number of anilines is 2. The molecule has 0 unspecified atom stereocenters. The molecule has 0 aliphatic heterocycles. The highest BCUT2D eigenvalue weighted by Crippen LogP contribution is 2.20. The molecule has 0 radical (unpaired) electrons. The molecule has 104 valence electrons. The van der Waals surface area contributed by atoms with Crippen molar-refractivity contribution in [1.29, 1.82) is 0 Å². The van der Waals surface area contributed by atoms with E-state index in [9.17, 15) is 9.18 Å². The first-order valence-electron chi connectivity index (χ1n) is 5.93. The van der Waals surface area contributed by atoms with Gasteiger partial charge in [0.2, 0.25) is 0 Å². The van der Waals surface area contributed by atoms with E-state index in [1.165, 1.54) is 12.3 Å². The fourth-order valence-corrected chi connectivity index (χ4v) is 2.15. The van der Waals surface area contributed by atoms with Crippen LogP contribution in [0.15, 0.2) is 41.4 Å². The van der Waals surface area contributed by atoms with Gasteiger partial charge in [0.1, 0.15) is 0 Å². The first-order valence-corrected chi connectivity index (χ1v) is 7.16. The van der Waals surface area contributed by atoms with Gasteiger partial charge in [0.25, 0.3) is 5.91 Å². The highest BCUT2D eigenvalue weighted by Gasteiger charge is 2.15. The Kier molecular flexibility index (Phi) is 4.57. The summed E-state index contributed by atoms with van der Waals surface area (Å²) in [6, 6.07) is 8.72. The Hall–Kier alpha value is -2.08. The summed E-state index contributed by atoms with van der Waals surface area (Å²) in [6.07, 6.45) is 3.34. The summed E-state index contributed by atoms with van der Waals surface area (Å²) in [5.74, 6) is -1.11. The molecule has 20 heavy (non-hydrogen) atoms. The van der Waals surface area contributed by atoms with E-state index in [1.807, 2.05) is 24.5 Å². The van der Waals surface area contributed by atoms with E-state index in [0.717, 1.165) is 4.90 Å². The van der Waals surface area contributed by atoms with Gasteiger partial charge in [0, 0.05) is 23.8 Å². The van der Waals surface area contributed by atoms with Crippen LogP contribution in [-0.4, -0.2) is 24.2 Å². The molecule has 0 saturated carbocycles. The third-order valence-corrected chi connectivity index (χ3v) is 3.42. The van der Waals surface area contributed by atoms with Crippen LogP contribution < -0.4 is 10.6 Å². The molecule has 0 saturated heterocycles. The minimum Gasteiger partial charge on any atom is -0.371 e. The van der Waals surface area contributed by atoms with Crippen molar-refractivity contribution in [3.63, 3.8) is 0 Å². The number of nitrogens with one attached hydrogen (secondary N) is 2. The Balaban J connectivity index is 2.24. The molecule has 0 spiro atoms. The largest absolute Gasteiger partial charge is 0.371 e. The van der Waals surface area contributed by atoms with Crippen molar-refractivity contribution in [1.82, 2.24) is 4.98 Å². The van der Waals surface area contributed by atoms with E-state index in [-0.39, 0.29) is 11.4 Å². The van der Waals surface area contributed by atoms with Crippen molar-refractivity contribution >= 4 is 29.2 Å². The molecule has 0 fully saturated rings. The van der Waals surface area contributed by atoms with Gasteiger partial charge < -0.3 is 10.6 Å². The van der Waals surface area contributed by atoms with Gasteiger partial charge in [-0.05, 0) is 30.5 Å². The van der Waals surface area contributed by atoms with Gasteiger partial charge in [0.15, 0.2) is 11.6 Å². The van der Waals surface area contributed by atoms with E-state index in [1.54, 1.807) is 24.9 Å². The second kappa shape index (κ2) is 6.38. The fourth-order valence-electron chi connectivity index (χ4n) is 1.69. The van der Waals surface area contributed by atoms with Crippen LogP contribution in [0.4, 0.5) is 15.9 Å². The van der Waals surface area contributed by atoms with Crippen molar-refractivity contribution in [3.05, 3.63) is 47.9 Å². The van der Waals surface area contributed by atoms with Gasteiger partial charge in [0.05, 0.1) is 5.56 Å². The zero-order chi connectivity index (χ0) is 14.5. The lowest BCUT2D eigenvalue weighted by molar-refractivity contribution is 0.102. The predicted molar refractivity (Wildman–Crippen MR) is 79.9 cm³/mol. The molecule has 2 rings (SSSR count). The van der Waals surface area contributed by atoms with E-state index in [2.05, 4.69) is 15.6 Å². The monoisotopic (exact) mass is 291 g/mol. The Morgan fingerprint density at radius 2 is 2.15 bits per heavy atom. The normalized spacial score (nSPS) is 10.2. The van der Waals surface area contributed by atoms with Crippen LogP contribution in [0.25, 0.3) is 0 Å². The number of amides is 1. The predicted octanol–water partition coefficient (Wildman–Crippen LogP) is 3.24. The van der Waals surface area contributed by atoms with Gasteiger partial charge in [-0.15, -0.1) is 11.8 Å². The number of aromatic nitrogens is 1. The first-order chi connectivity index (χ1) is 9.65. The molecule has 0 atom stereocenters. The maximum Gasteiger partial charge on any atom is 0.258 e. The average Bonchev–Trinajstić information content (AvgIpc) is 2.47. The molecule has 0 aliphatic rings. The Morgan fingerprint density at radius 1 is 1.35 bits per heavy atom. The summed E-state index contributed by atoms with van der Waals surface area (Å²) in [5.41, 5.74) is 0.586.